The Kier molecular flexibility index (Phi) is 4.87. The monoisotopic (exact) mass is 340 g/mol. The average molecular weight is 340 g/mol. The Bertz CT molecular complexity index is 798. The van der Waals surface area contributed by atoms with E-state index in [1.807, 2.05) is 20.2 Å². The summed E-state index contributed by atoms with van der Waals surface area (Å²) in [5.41, 5.74) is 1.88. The number of ether oxygens (including phenoxy) is 1. The van der Waals surface area contributed by atoms with Crippen molar-refractivity contribution in [1.82, 2.24) is 4.90 Å². The van der Waals surface area contributed by atoms with Gasteiger partial charge in [-0.15, -0.1) is 0 Å². The third-order valence-electron chi connectivity index (χ3n) is 4.64. The van der Waals surface area contributed by atoms with E-state index in [1.165, 1.54) is 12.1 Å². The summed E-state index contributed by atoms with van der Waals surface area (Å²) < 4.78 is 19.4. The number of nitriles is 1. The minimum absolute atomic E-state index is 0.314. The van der Waals surface area contributed by atoms with Gasteiger partial charge in [0.05, 0.1) is 11.6 Å². The Balaban J connectivity index is 2.07. The Hall–Kier alpha value is -2.26. The summed E-state index contributed by atoms with van der Waals surface area (Å²) in [6, 6.07) is 13.5. The van der Waals surface area contributed by atoms with Crippen molar-refractivity contribution in [2.75, 3.05) is 20.6 Å². The van der Waals surface area contributed by atoms with Crippen molar-refractivity contribution in [1.29, 1.82) is 5.26 Å². The zero-order valence-corrected chi connectivity index (χ0v) is 14.4. The van der Waals surface area contributed by atoms with Crippen molar-refractivity contribution in [3.63, 3.8) is 0 Å². The maximum absolute atomic E-state index is 13.4. The molecule has 0 bridgehead atoms. The van der Waals surface area contributed by atoms with Gasteiger partial charge in [0.1, 0.15) is 11.4 Å². The van der Waals surface area contributed by atoms with Crippen molar-refractivity contribution in [2.45, 2.75) is 24.7 Å². The van der Waals surface area contributed by atoms with Gasteiger partial charge in [-0.1, -0.05) is 18.2 Å². The third kappa shape index (κ3) is 3.29. The number of nitrogens with zero attached hydrogens (tertiary/aromatic N) is 2. The van der Waals surface area contributed by atoms with Crippen LogP contribution in [0.1, 0.15) is 41.4 Å². The maximum Gasteiger partial charge on any atom is 0.183 e. The fraction of sp³-hybridized carbons (Fsp3) is 0.350. The molecule has 25 heavy (non-hydrogen) atoms. The van der Waals surface area contributed by atoms with Crippen LogP contribution in [0.25, 0.3) is 0 Å². The number of hydrogen-bond acceptors (Lipinski definition) is 4. The highest BCUT2D eigenvalue weighted by molar-refractivity contribution is 5.48. The molecule has 0 saturated carbocycles. The van der Waals surface area contributed by atoms with Gasteiger partial charge in [-0.3, -0.25) is 0 Å². The zero-order valence-electron chi connectivity index (χ0n) is 14.4. The van der Waals surface area contributed by atoms with Gasteiger partial charge in [0.25, 0.3) is 0 Å². The van der Waals surface area contributed by atoms with Gasteiger partial charge in [-0.25, -0.2) is 4.39 Å². The second-order valence-corrected chi connectivity index (χ2v) is 6.62. The molecule has 5 heteroatoms. The van der Waals surface area contributed by atoms with Gasteiger partial charge >= 0.3 is 0 Å². The van der Waals surface area contributed by atoms with Crippen LogP contribution in [0.15, 0.2) is 42.5 Å². The van der Waals surface area contributed by atoms with Crippen molar-refractivity contribution in [3.8, 4) is 6.07 Å². The Morgan fingerprint density at radius 2 is 1.96 bits per heavy atom. The second kappa shape index (κ2) is 6.93. The van der Waals surface area contributed by atoms with Crippen molar-refractivity contribution < 1.29 is 14.2 Å². The molecule has 0 aliphatic carbocycles. The topological polar surface area (TPSA) is 56.5 Å². The zero-order chi connectivity index (χ0) is 18.0. The molecule has 0 saturated heterocycles. The molecule has 0 aromatic heterocycles. The van der Waals surface area contributed by atoms with E-state index in [1.54, 1.807) is 24.3 Å². The first kappa shape index (κ1) is 17.6. The second-order valence-electron chi connectivity index (χ2n) is 6.62. The standard InChI is InChI=1S/C20H21FN2O2/c1-23(2)11-3-10-20(15-5-7-16(21)8-6-15)18-9-4-14(13-22)12-17(18)19(24)25-20/h4-9,12,19,24H,3,10-11H2,1-2H3/t19-,20+/m1/s1. The number of aliphatic hydroxyl groups excluding tert-OH is 1. The summed E-state index contributed by atoms with van der Waals surface area (Å²) in [6.07, 6.45) is 0.385. The summed E-state index contributed by atoms with van der Waals surface area (Å²) >= 11 is 0. The molecule has 0 spiro atoms. The van der Waals surface area contributed by atoms with Gasteiger partial charge in [-0.2, -0.15) is 5.26 Å². The van der Waals surface area contributed by atoms with Crippen LogP contribution in [-0.2, 0) is 10.3 Å². The molecule has 0 amide bonds. The van der Waals surface area contributed by atoms with Crippen molar-refractivity contribution in [3.05, 3.63) is 70.5 Å². The molecule has 130 valence electrons. The van der Waals surface area contributed by atoms with E-state index in [9.17, 15) is 9.50 Å². The lowest BCUT2D eigenvalue weighted by molar-refractivity contribution is -0.159. The molecule has 2 aromatic rings. The molecule has 4 nitrogen and oxygen atoms in total. The molecule has 1 heterocycles. The number of benzene rings is 2. The third-order valence-corrected chi connectivity index (χ3v) is 4.64. The quantitative estimate of drug-likeness (QED) is 0.907. The van der Waals surface area contributed by atoms with E-state index in [0.29, 0.717) is 17.5 Å². The summed E-state index contributed by atoms with van der Waals surface area (Å²) in [5, 5.41) is 19.6. The van der Waals surface area contributed by atoms with E-state index < -0.39 is 11.9 Å². The molecule has 0 fully saturated rings. The molecule has 1 aliphatic heterocycles. The van der Waals surface area contributed by atoms with Crippen LogP contribution >= 0.6 is 0 Å². The van der Waals surface area contributed by atoms with Crippen molar-refractivity contribution in [2.24, 2.45) is 0 Å². The molecule has 2 aromatic carbocycles. The van der Waals surface area contributed by atoms with Crippen LogP contribution in [-0.4, -0.2) is 30.6 Å². The number of aliphatic hydroxyl groups is 1. The van der Waals surface area contributed by atoms with Crippen LogP contribution in [0.3, 0.4) is 0 Å². The molecular formula is C20H21FN2O2. The molecule has 1 N–H and O–H groups in total. The summed E-state index contributed by atoms with van der Waals surface area (Å²) in [5.74, 6) is -0.314. The van der Waals surface area contributed by atoms with Gasteiger partial charge in [0.2, 0.25) is 0 Å². The first-order valence-corrected chi connectivity index (χ1v) is 8.27. The van der Waals surface area contributed by atoms with Gasteiger partial charge < -0.3 is 14.7 Å². The van der Waals surface area contributed by atoms with Crippen molar-refractivity contribution >= 4 is 0 Å². The van der Waals surface area contributed by atoms with Crippen LogP contribution in [0.5, 0.6) is 0 Å². The van der Waals surface area contributed by atoms with Gasteiger partial charge in [-0.05, 0) is 68.9 Å². The lowest BCUT2D eigenvalue weighted by Gasteiger charge is -2.31. The highest BCUT2D eigenvalue weighted by Gasteiger charge is 2.45. The number of fused-ring (bicyclic) bond motifs is 1. The largest absolute Gasteiger partial charge is 0.364 e. The molecular weight excluding hydrogens is 319 g/mol. The molecule has 3 rings (SSSR count). The highest BCUT2D eigenvalue weighted by Crippen LogP contribution is 2.49. The Morgan fingerprint density at radius 3 is 2.60 bits per heavy atom. The SMILES string of the molecule is CN(C)CCC[C@@]1(c2ccc(F)cc2)O[C@@H](O)c2cc(C#N)ccc21. The predicted molar refractivity (Wildman–Crippen MR) is 92.2 cm³/mol. The predicted octanol–water partition coefficient (Wildman–Crippen LogP) is 3.30. The molecule has 1 aliphatic rings. The number of hydrogen-bond donors (Lipinski definition) is 1. The first-order chi connectivity index (χ1) is 12.0. The van der Waals surface area contributed by atoms with E-state index in [0.717, 1.165) is 24.1 Å². The van der Waals surface area contributed by atoms with Crippen LogP contribution < -0.4 is 0 Å². The summed E-state index contributed by atoms with van der Waals surface area (Å²) in [4.78, 5) is 2.09. The Morgan fingerprint density at radius 1 is 1.24 bits per heavy atom. The van der Waals surface area contributed by atoms with Gasteiger partial charge in [0.15, 0.2) is 6.29 Å². The lowest BCUT2D eigenvalue weighted by Crippen LogP contribution is -2.29. The normalized spacial score (nSPS) is 22.0. The van der Waals surface area contributed by atoms with E-state index in [2.05, 4.69) is 11.0 Å². The van der Waals surface area contributed by atoms with Crippen LogP contribution in [0.2, 0.25) is 0 Å². The molecule has 0 unspecified atom stereocenters. The lowest BCUT2D eigenvalue weighted by atomic mass is 9.81. The minimum atomic E-state index is -1.10. The Labute approximate surface area is 147 Å². The highest BCUT2D eigenvalue weighted by atomic mass is 19.1. The van der Waals surface area contributed by atoms with E-state index >= 15 is 0 Å². The van der Waals surface area contributed by atoms with Crippen LogP contribution in [0.4, 0.5) is 4.39 Å². The smallest absolute Gasteiger partial charge is 0.183 e. The fourth-order valence-electron chi connectivity index (χ4n) is 3.45. The minimum Gasteiger partial charge on any atom is -0.364 e. The van der Waals surface area contributed by atoms with E-state index in [4.69, 9.17) is 10.00 Å². The maximum atomic E-state index is 13.4. The van der Waals surface area contributed by atoms with E-state index in [-0.39, 0.29) is 5.82 Å². The fourth-order valence-corrected chi connectivity index (χ4v) is 3.45. The number of rotatable bonds is 5. The van der Waals surface area contributed by atoms with Crippen LogP contribution in [0, 0.1) is 17.1 Å². The number of halogens is 1. The summed E-state index contributed by atoms with van der Waals surface area (Å²) in [6.45, 7) is 0.869. The summed E-state index contributed by atoms with van der Waals surface area (Å²) in [7, 11) is 4.00. The first-order valence-electron chi connectivity index (χ1n) is 8.27. The van der Waals surface area contributed by atoms with Gasteiger partial charge in [0, 0.05) is 5.56 Å². The molecule has 0 radical (unpaired) electrons. The average Bonchev–Trinajstić information content (AvgIpc) is 2.88. The molecule has 2 atom stereocenters.